The fourth-order valence-electron chi connectivity index (χ4n) is 2.05. The maximum absolute atomic E-state index is 12.8. The van der Waals surface area contributed by atoms with E-state index < -0.39 is 23.8 Å². The van der Waals surface area contributed by atoms with Gasteiger partial charge in [-0.25, -0.2) is 4.39 Å². The van der Waals surface area contributed by atoms with E-state index in [0.29, 0.717) is 11.1 Å². The molecule has 132 valence electrons. The van der Waals surface area contributed by atoms with Crippen molar-refractivity contribution >= 4 is 17.5 Å². The molecule has 0 unspecified atom stereocenters. The Morgan fingerprint density at radius 3 is 2.24 bits per heavy atom. The van der Waals surface area contributed by atoms with Gasteiger partial charge in [-0.2, -0.15) is 13.2 Å². The number of anilines is 1. The average molecular weight is 354 g/mol. The summed E-state index contributed by atoms with van der Waals surface area (Å²) in [5.74, 6) is -2.89. The van der Waals surface area contributed by atoms with Crippen LogP contribution in [0.3, 0.4) is 0 Å². The Morgan fingerprint density at radius 2 is 1.60 bits per heavy atom. The minimum Gasteiger partial charge on any atom is -0.344 e. The monoisotopic (exact) mass is 354 g/mol. The van der Waals surface area contributed by atoms with Crippen LogP contribution in [-0.4, -0.2) is 18.0 Å². The molecule has 0 saturated heterocycles. The van der Waals surface area contributed by atoms with Gasteiger partial charge in [0, 0.05) is 12.2 Å². The van der Waals surface area contributed by atoms with Gasteiger partial charge in [0.05, 0.1) is 6.42 Å². The van der Waals surface area contributed by atoms with Crippen LogP contribution in [0.15, 0.2) is 48.5 Å². The molecular formula is C17H14F4N2O2. The number of para-hydroxylation sites is 1. The summed E-state index contributed by atoms with van der Waals surface area (Å²) < 4.78 is 49.5. The lowest BCUT2D eigenvalue weighted by Gasteiger charge is -2.13. The molecule has 8 heteroatoms. The maximum Gasteiger partial charge on any atom is 0.471 e. The van der Waals surface area contributed by atoms with Crippen LogP contribution in [0.4, 0.5) is 23.2 Å². The molecule has 2 aromatic rings. The zero-order valence-corrected chi connectivity index (χ0v) is 12.9. The standard InChI is InChI=1S/C17H14F4N2O2/c18-13-7-5-11(6-8-13)9-15(24)23-14-4-2-1-3-12(14)10-22-16(25)17(19,20)21/h1-8H,9-10H2,(H,22,25)(H,23,24). The van der Waals surface area contributed by atoms with Crippen LogP contribution in [0.1, 0.15) is 11.1 Å². The van der Waals surface area contributed by atoms with Crippen molar-refractivity contribution in [2.45, 2.75) is 19.1 Å². The zero-order valence-electron chi connectivity index (χ0n) is 12.9. The molecule has 25 heavy (non-hydrogen) atoms. The predicted molar refractivity (Wildman–Crippen MR) is 83.1 cm³/mol. The largest absolute Gasteiger partial charge is 0.471 e. The summed E-state index contributed by atoms with van der Waals surface area (Å²) in [5, 5.41) is 4.32. The Labute approximate surface area is 140 Å². The normalized spacial score (nSPS) is 11.0. The van der Waals surface area contributed by atoms with E-state index in [0.717, 1.165) is 0 Å². The topological polar surface area (TPSA) is 58.2 Å². The van der Waals surface area contributed by atoms with Crippen LogP contribution >= 0.6 is 0 Å². The summed E-state index contributed by atoms with van der Waals surface area (Å²) in [6.07, 6.45) is -5.00. The highest BCUT2D eigenvalue weighted by molar-refractivity contribution is 5.93. The third-order valence-corrected chi connectivity index (χ3v) is 3.27. The summed E-state index contributed by atoms with van der Waals surface area (Å²) in [7, 11) is 0. The Bertz CT molecular complexity index is 758. The molecule has 0 aliphatic rings. The Balaban J connectivity index is 2.01. The highest BCUT2D eigenvalue weighted by Gasteiger charge is 2.38. The number of halogens is 4. The molecular weight excluding hydrogens is 340 g/mol. The number of carbonyl (C=O) groups excluding carboxylic acids is 2. The second kappa shape index (κ2) is 7.78. The molecule has 0 heterocycles. The molecule has 0 bridgehead atoms. The van der Waals surface area contributed by atoms with E-state index in [1.807, 2.05) is 0 Å². The van der Waals surface area contributed by atoms with Crippen molar-refractivity contribution in [3.05, 3.63) is 65.5 Å². The van der Waals surface area contributed by atoms with Gasteiger partial charge < -0.3 is 10.6 Å². The molecule has 0 atom stereocenters. The fraction of sp³-hybridized carbons (Fsp3) is 0.176. The van der Waals surface area contributed by atoms with Crippen molar-refractivity contribution in [1.82, 2.24) is 5.32 Å². The van der Waals surface area contributed by atoms with Gasteiger partial charge in [-0.1, -0.05) is 30.3 Å². The SMILES string of the molecule is O=C(Cc1ccc(F)cc1)Nc1ccccc1CNC(=O)C(F)(F)F. The molecule has 4 nitrogen and oxygen atoms in total. The van der Waals surface area contributed by atoms with Gasteiger partial charge in [0.2, 0.25) is 5.91 Å². The van der Waals surface area contributed by atoms with Gasteiger partial charge in [0.15, 0.2) is 0 Å². The molecule has 0 saturated carbocycles. The third kappa shape index (κ3) is 5.59. The smallest absolute Gasteiger partial charge is 0.344 e. The molecule has 0 aliphatic carbocycles. The van der Waals surface area contributed by atoms with Gasteiger partial charge in [-0.3, -0.25) is 9.59 Å². The quantitative estimate of drug-likeness (QED) is 0.811. The first-order chi connectivity index (χ1) is 11.8. The van der Waals surface area contributed by atoms with Crippen LogP contribution in [0.5, 0.6) is 0 Å². The lowest BCUT2D eigenvalue weighted by atomic mass is 10.1. The Kier molecular flexibility index (Phi) is 5.74. The van der Waals surface area contributed by atoms with Gasteiger partial charge in [-0.15, -0.1) is 0 Å². The number of carbonyl (C=O) groups is 2. The van der Waals surface area contributed by atoms with Crippen molar-refractivity contribution in [1.29, 1.82) is 0 Å². The summed E-state index contributed by atoms with van der Waals surface area (Å²) in [6.45, 7) is -0.384. The van der Waals surface area contributed by atoms with Crippen LogP contribution in [0.25, 0.3) is 0 Å². The molecule has 2 aromatic carbocycles. The number of alkyl halides is 3. The van der Waals surface area contributed by atoms with E-state index in [-0.39, 0.29) is 18.7 Å². The second-order valence-electron chi connectivity index (χ2n) is 5.19. The van der Waals surface area contributed by atoms with Crippen molar-refractivity contribution in [3.63, 3.8) is 0 Å². The van der Waals surface area contributed by atoms with Gasteiger partial charge in [0.25, 0.3) is 0 Å². The van der Waals surface area contributed by atoms with E-state index in [1.54, 1.807) is 17.4 Å². The summed E-state index contributed by atoms with van der Waals surface area (Å²) in [6, 6.07) is 11.6. The zero-order chi connectivity index (χ0) is 18.4. The molecule has 0 aromatic heterocycles. The lowest BCUT2D eigenvalue weighted by Crippen LogP contribution is -2.36. The van der Waals surface area contributed by atoms with Crippen LogP contribution < -0.4 is 10.6 Å². The van der Waals surface area contributed by atoms with Gasteiger partial charge in [0.1, 0.15) is 5.82 Å². The second-order valence-corrected chi connectivity index (χ2v) is 5.19. The summed E-state index contributed by atoms with van der Waals surface area (Å²) in [4.78, 5) is 22.9. The molecule has 0 spiro atoms. The number of benzene rings is 2. The summed E-state index contributed by atoms with van der Waals surface area (Å²) in [5.41, 5.74) is 1.20. The Morgan fingerprint density at radius 1 is 0.960 bits per heavy atom. The van der Waals surface area contributed by atoms with Crippen molar-refractivity contribution in [2.75, 3.05) is 5.32 Å². The predicted octanol–water partition coefficient (Wildman–Crippen LogP) is 3.19. The van der Waals surface area contributed by atoms with E-state index >= 15 is 0 Å². The van der Waals surface area contributed by atoms with Crippen LogP contribution in [0, 0.1) is 5.82 Å². The number of amides is 2. The molecule has 2 amide bonds. The maximum atomic E-state index is 12.8. The van der Waals surface area contributed by atoms with Crippen molar-refractivity contribution in [2.24, 2.45) is 0 Å². The lowest BCUT2D eigenvalue weighted by molar-refractivity contribution is -0.173. The number of nitrogens with one attached hydrogen (secondary N) is 2. The fourth-order valence-corrected chi connectivity index (χ4v) is 2.05. The van der Waals surface area contributed by atoms with Crippen molar-refractivity contribution in [3.8, 4) is 0 Å². The highest BCUT2D eigenvalue weighted by Crippen LogP contribution is 2.18. The van der Waals surface area contributed by atoms with Gasteiger partial charge in [-0.05, 0) is 29.3 Å². The Hall–Kier alpha value is -2.90. The summed E-state index contributed by atoms with van der Waals surface area (Å²) >= 11 is 0. The van der Waals surface area contributed by atoms with Gasteiger partial charge >= 0.3 is 12.1 Å². The molecule has 0 radical (unpaired) electrons. The third-order valence-electron chi connectivity index (χ3n) is 3.27. The van der Waals surface area contributed by atoms with Crippen LogP contribution in [0.2, 0.25) is 0 Å². The number of hydrogen-bond donors (Lipinski definition) is 2. The number of hydrogen-bond acceptors (Lipinski definition) is 2. The van der Waals surface area contributed by atoms with E-state index in [2.05, 4.69) is 5.32 Å². The molecule has 2 rings (SSSR count). The molecule has 0 fully saturated rings. The van der Waals surface area contributed by atoms with Crippen LogP contribution in [-0.2, 0) is 22.6 Å². The first kappa shape index (κ1) is 18.4. The minimum atomic E-state index is -4.97. The first-order valence-electron chi connectivity index (χ1n) is 7.23. The van der Waals surface area contributed by atoms with Crippen molar-refractivity contribution < 1.29 is 27.2 Å². The number of rotatable bonds is 5. The first-order valence-corrected chi connectivity index (χ1v) is 7.23. The average Bonchev–Trinajstić information content (AvgIpc) is 2.55. The molecule has 2 N–H and O–H groups in total. The van der Waals surface area contributed by atoms with E-state index in [9.17, 15) is 27.2 Å². The minimum absolute atomic E-state index is 0.0243. The van der Waals surface area contributed by atoms with E-state index in [1.165, 1.54) is 36.4 Å². The molecule has 0 aliphatic heterocycles. The highest BCUT2D eigenvalue weighted by atomic mass is 19.4. The van der Waals surface area contributed by atoms with E-state index in [4.69, 9.17) is 0 Å².